The van der Waals surface area contributed by atoms with Crippen molar-refractivity contribution >= 4 is 22.5 Å². The number of hydrogen-bond donors (Lipinski definition) is 0. The number of amides is 1. The molecular weight excluding hydrogens is 360 g/mol. The van der Waals surface area contributed by atoms with Gasteiger partial charge < -0.3 is 9.80 Å². The van der Waals surface area contributed by atoms with Crippen LogP contribution in [0.3, 0.4) is 0 Å². The quantitative estimate of drug-likeness (QED) is 0.632. The molecule has 150 valence electrons. The van der Waals surface area contributed by atoms with Gasteiger partial charge in [0.15, 0.2) is 5.82 Å². The summed E-state index contributed by atoms with van der Waals surface area (Å²) in [5.41, 5.74) is 2.55. The molecule has 0 N–H and O–H groups in total. The second kappa shape index (κ2) is 8.60. The number of rotatable bonds is 5. The molecule has 1 aromatic heterocycles. The summed E-state index contributed by atoms with van der Waals surface area (Å²) in [5.74, 6) is 1.05. The molecule has 0 atom stereocenters. The molecule has 2 aromatic carbocycles. The van der Waals surface area contributed by atoms with E-state index in [0.29, 0.717) is 18.7 Å². The average molecular weight is 389 g/mol. The maximum absolute atomic E-state index is 12.6. The van der Waals surface area contributed by atoms with Gasteiger partial charge in [-0.05, 0) is 45.2 Å². The van der Waals surface area contributed by atoms with Crippen molar-refractivity contribution in [3.63, 3.8) is 0 Å². The van der Waals surface area contributed by atoms with Crippen molar-refractivity contribution in [1.29, 1.82) is 0 Å². The predicted octanol–water partition coefficient (Wildman–Crippen LogP) is 4.77. The van der Waals surface area contributed by atoms with Gasteiger partial charge in [-0.3, -0.25) is 4.79 Å². The highest BCUT2D eigenvalue weighted by atomic mass is 16.2. The van der Waals surface area contributed by atoms with Crippen LogP contribution in [0.1, 0.15) is 43.5 Å². The molecule has 5 nitrogen and oxygen atoms in total. The summed E-state index contributed by atoms with van der Waals surface area (Å²) < 4.78 is 0. The van der Waals surface area contributed by atoms with Gasteiger partial charge in [0.2, 0.25) is 0 Å². The summed E-state index contributed by atoms with van der Waals surface area (Å²) in [6, 6.07) is 16.1. The highest BCUT2D eigenvalue weighted by molar-refractivity contribution is 6.01. The van der Waals surface area contributed by atoms with Gasteiger partial charge in [-0.15, -0.1) is 10.2 Å². The molecule has 3 aromatic rings. The number of anilines is 1. The second-order valence-corrected chi connectivity index (χ2v) is 7.52. The van der Waals surface area contributed by atoms with E-state index < -0.39 is 0 Å². The molecule has 1 aliphatic rings. The average Bonchev–Trinajstić information content (AvgIpc) is 2.80. The maximum Gasteiger partial charge on any atom is 0.253 e. The minimum Gasteiger partial charge on any atom is -0.355 e. The summed E-state index contributed by atoms with van der Waals surface area (Å²) in [6.45, 7) is 7.51. The first kappa shape index (κ1) is 19.4. The Morgan fingerprint density at radius 1 is 0.897 bits per heavy atom. The molecule has 0 aliphatic carbocycles. The summed E-state index contributed by atoms with van der Waals surface area (Å²) in [7, 11) is 0. The zero-order valence-electron chi connectivity index (χ0n) is 17.3. The lowest BCUT2D eigenvalue weighted by Crippen LogP contribution is -2.30. The monoisotopic (exact) mass is 388 g/mol. The Balaban J connectivity index is 1.70. The molecule has 0 bridgehead atoms. The Kier molecular flexibility index (Phi) is 5.74. The lowest BCUT2D eigenvalue weighted by Gasteiger charge is -2.28. The summed E-state index contributed by atoms with van der Waals surface area (Å²) in [4.78, 5) is 16.8. The van der Waals surface area contributed by atoms with E-state index in [1.54, 1.807) is 0 Å². The first-order chi connectivity index (χ1) is 14.2. The highest BCUT2D eigenvalue weighted by Gasteiger charge is 2.18. The first-order valence-electron chi connectivity index (χ1n) is 10.6. The van der Waals surface area contributed by atoms with E-state index in [0.717, 1.165) is 40.9 Å². The van der Waals surface area contributed by atoms with Crippen LogP contribution in [0.25, 0.3) is 22.0 Å². The van der Waals surface area contributed by atoms with Crippen molar-refractivity contribution < 1.29 is 4.79 Å². The second-order valence-electron chi connectivity index (χ2n) is 7.52. The van der Waals surface area contributed by atoms with Gasteiger partial charge in [0.25, 0.3) is 5.91 Å². The normalized spacial score (nSPS) is 14.2. The molecule has 4 rings (SSSR count). The molecule has 0 spiro atoms. The van der Waals surface area contributed by atoms with E-state index in [9.17, 15) is 4.79 Å². The zero-order chi connectivity index (χ0) is 20.2. The van der Waals surface area contributed by atoms with Crippen LogP contribution in [0.15, 0.2) is 48.5 Å². The van der Waals surface area contributed by atoms with E-state index in [1.807, 2.05) is 49.1 Å². The lowest BCUT2D eigenvalue weighted by molar-refractivity contribution is 0.0773. The highest BCUT2D eigenvalue weighted by Crippen LogP contribution is 2.32. The van der Waals surface area contributed by atoms with Crippen molar-refractivity contribution in [2.45, 2.75) is 33.1 Å². The molecule has 0 unspecified atom stereocenters. The number of fused-ring (bicyclic) bond motifs is 1. The molecule has 5 heteroatoms. The van der Waals surface area contributed by atoms with Crippen molar-refractivity contribution in [2.24, 2.45) is 0 Å². The summed E-state index contributed by atoms with van der Waals surface area (Å²) >= 11 is 0. The van der Waals surface area contributed by atoms with E-state index >= 15 is 0 Å². The van der Waals surface area contributed by atoms with Gasteiger partial charge in [0.05, 0.1) is 0 Å². The van der Waals surface area contributed by atoms with Crippen LogP contribution in [-0.4, -0.2) is 47.2 Å². The fourth-order valence-electron chi connectivity index (χ4n) is 4.11. The number of carbonyl (C=O) groups excluding carboxylic acids is 1. The largest absolute Gasteiger partial charge is 0.355 e. The Hall–Kier alpha value is -2.95. The van der Waals surface area contributed by atoms with E-state index in [4.69, 9.17) is 0 Å². The van der Waals surface area contributed by atoms with Gasteiger partial charge >= 0.3 is 0 Å². The molecule has 29 heavy (non-hydrogen) atoms. The maximum atomic E-state index is 12.6. The SMILES string of the molecule is CCN(CC)C(=O)c1ccc(-c2nnc(N3CCCCC3)c3ccccc23)cc1. The van der Waals surface area contributed by atoms with Crippen LogP contribution in [-0.2, 0) is 0 Å². The molecule has 1 aliphatic heterocycles. The predicted molar refractivity (Wildman–Crippen MR) is 118 cm³/mol. The summed E-state index contributed by atoms with van der Waals surface area (Å²) in [6.07, 6.45) is 3.71. The number of benzene rings is 2. The van der Waals surface area contributed by atoms with Crippen LogP contribution >= 0.6 is 0 Å². The molecule has 1 fully saturated rings. The van der Waals surface area contributed by atoms with Gasteiger partial charge in [-0.25, -0.2) is 0 Å². The smallest absolute Gasteiger partial charge is 0.253 e. The Bertz CT molecular complexity index is 989. The number of nitrogens with zero attached hydrogens (tertiary/aromatic N) is 4. The molecule has 1 saturated heterocycles. The van der Waals surface area contributed by atoms with Gasteiger partial charge in [0.1, 0.15) is 5.69 Å². The third-order valence-corrected chi connectivity index (χ3v) is 5.78. The molecule has 2 heterocycles. The van der Waals surface area contributed by atoms with Crippen LogP contribution in [0.4, 0.5) is 5.82 Å². The van der Waals surface area contributed by atoms with Crippen molar-refractivity contribution in [1.82, 2.24) is 15.1 Å². The third kappa shape index (κ3) is 3.82. The number of hydrogen-bond acceptors (Lipinski definition) is 4. The topological polar surface area (TPSA) is 49.3 Å². The number of aromatic nitrogens is 2. The van der Waals surface area contributed by atoms with Crippen LogP contribution in [0.5, 0.6) is 0 Å². The molecule has 0 saturated carbocycles. The van der Waals surface area contributed by atoms with Gasteiger partial charge in [-0.1, -0.05) is 36.4 Å². The molecule has 0 radical (unpaired) electrons. The van der Waals surface area contributed by atoms with Crippen LogP contribution in [0, 0.1) is 0 Å². The van der Waals surface area contributed by atoms with Gasteiger partial charge in [0, 0.05) is 48.1 Å². The van der Waals surface area contributed by atoms with E-state index in [-0.39, 0.29) is 5.91 Å². The first-order valence-corrected chi connectivity index (χ1v) is 10.6. The lowest BCUT2D eigenvalue weighted by atomic mass is 10.0. The third-order valence-electron chi connectivity index (χ3n) is 5.78. The Morgan fingerprint density at radius 2 is 1.55 bits per heavy atom. The fraction of sp³-hybridized carbons (Fsp3) is 0.375. The van der Waals surface area contributed by atoms with E-state index in [1.165, 1.54) is 19.3 Å². The standard InChI is InChI=1S/C24H28N4O/c1-3-27(4-2)24(29)19-14-12-18(13-15-19)22-20-10-6-7-11-21(20)23(26-25-22)28-16-8-5-9-17-28/h6-7,10-15H,3-5,8-9,16-17H2,1-2H3. The van der Waals surface area contributed by atoms with Gasteiger partial charge in [-0.2, -0.15) is 0 Å². The van der Waals surface area contributed by atoms with Crippen LogP contribution in [0.2, 0.25) is 0 Å². The number of carbonyl (C=O) groups is 1. The van der Waals surface area contributed by atoms with Crippen LogP contribution < -0.4 is 4.90 Å². The minimum absolute atomic E-state index is 0.0675. The summed E-state index contributed by atoms with van der Waals surface area (Å²) in [5, 5.41) is 11.5. The van der Waals surface area contributed by atoms with Crippen molar-refractivity contribution in [3.05, 3.63) is 54.1 Å². The minimum atomic E-state index is 0.0675. The molecular formula is C24H28N4O. The van der Waals surface area contributed by atoms with Crippen molar-refractivity contribution in [3.8, 4) is 11.3 Å². The molecule has 1 amide bonds. The number of piperidine rings is 1. The van der Waals surface area contributed by atoms with Crippen molar-refractivity contribution in [2.75, 3.05) is 31.1 Å². The van der Waals surface area contributed by atoms with E-state index in [2.05, 4.69) is 33.3 Å². The Morgan fingerprint density at radius 3 is 2.21 bits per heavy atom. The Labute approximate surface area is 172 Å². The zero-order valence-corrected chi connectivity index (χ0v) is 17.3. The fourth-order valence-corrected chi connectivity index (χ4v) is 4.11.